The standard InChI is InChI=1S/C14H20F3NO/c1-3-14(4-2,9-19)8-18-7-10-5-12(16)13(17)6-11(10)15/h5-6,18-19H,3-4,7-9H2,1-2H3. The second-order valence-electron chi connectivity index (χ2n) is 4.83. The number of aliphatic hydroxyl groups excluding tert-OH is 1. The van der Waals surface area contributed by atoms with E-state index < -0.39 is 17.5 Å². The van der Waals surface area contributed by atoms with Crippen molar-refractivity contribution < 1.29 is 18.3 Å². The summed E-state index contributed by atoms with van der Waals surface area (Å²) in [5, 5.41) is 12.4. The summed E-state index contributed by atoms with van der Waals surface area (Å²) in [6, 6.07) is 1.40. The van der Waals surface area contributed by atoms with Crippen molar-refractivity contribution in [2.24, 2.45) is 5.41 Å². The average Bonchev–Trinajstić information content (AvgIpc) is 2.41. The topological polar surface area (TPSA) is 32.3 Å². The lowest BCUT2D eigenvalue weighted by atomic mass is 9.83. The third-order valence-electron chi connectivity index (χ3n) is 3.74. The SMILES string of the molecule is CCC(CC)(CO)CNCc1cc(F)c(F)cc1F. The van der Waals surface area contributed by atoms with Gasteiger partial charge in [0.05, 0.1) is 0 Å². The van der Waals surface area contributed by atoms with E-state index >= 15 is 0 Å². The molecule has 0 atom stereocenters. The predicted octanol–water partition coefficient (Wildman–Crippen LogP) is 2.99. The number of halogens is 3. The highest BCUT2D eigenvalue weighted by Gasteiger charge is 2.24. The summed E-state index contributed by atoms with van der Waals surface area (Å²) in [5.74, 6) is -3.01. The van der Waals surface area contributed by atoms with Gasteiger partial charge in [-0.15, -0.1) is 0 Å². The van der Waals surface area contributed by atoms with E-state index in [4.69, 9.17) is 0 Å². The molecule has 0 aromatic heterocycles. The first-order chi connectivity index (χ1) is 8.98. The van der Waals surface area contributed by atoms with Gasteiger partial charge < -0.3 is 10.4 Å². The second-order valence-corrected chi connectivity index (χ2v) is 4.83. The van der Waals surface area contributed by atoms with Gasteiger partial charge in [-0.3, -0.25) is 0 Å². The Hall–Kier alpha value is -1.07. The lowest BCUT2D eigenvalue weighted by Crippen LogP contribution is -2.36. The minimum absolute atomic E-state index is 0.0350. The zero-order valence-electron chi connectivity index (χ0n) is 11.3. The molecule has 5 heteroatoms. The first-order valence-electron chi connectivity index (χ1n) is 6.43. The first kappa shape index (κ1) is 16.0. The molecule has 1 rings (SSSR count). The summed E-state index contributed by atoms with van der Waals surface area (Å²) >= 11 is 0. The highest BCUT2D eigenvalue weighted by molar-refractivity contribution is 5.19. The monoisotopic (exact) mass is 275 g/mol. The molecule has 108 valence electrons. The maximum absolute atomic E-state index is 13.4. The van der Waals surface area contributed by atoms with Crippen molar-refractivity contribution >= 4 is 0 Å². The van der Waals surface area contributed by atoms with Gasteiger partial charge in [-0.1, -0.05) is 13.8 Å². The van der Waals surface area contributed by atoms with Gasteiger partial charge in [0.25, 0.3) is 0 Å². The van der Waals surface area contributed by atoms with Crippen molar-refractivity contribution in [2.45, 2.75) is 33.2 Å². The molecule has 2 N–H and O–H groups in total. The van der Waals surface area contributed by atoms with Crippen LogP contribution in [0.5, 0.6) is 0 Å². The number of rotatable bonds is 7. The van der Waals surface area contributed by atoms with Gasteiger partial charge in [-0.2, -0.15) is 0 Å². The zero-order chi connectivity index (χ0) is 14.5. The van der Waals surface area contributed by atoms with Gasteiger partial charge in [-0.25, -0.2) is 13.2 Å². The minimum Gasteiger partial charge on any atom is -0.396 e. The van der Waals surface area contributed by atoms with E-state index in [1.807, 2.05) is 13.8 Å². The van der Waals surface area contributed by atoms with Gasteiger partial charge in [0.1, 0.15) is 5.82 Å². The van der Waals surface area contributed by atoms with Crippen LogP contribution in [0.2, 0.25) is 0 Å². The highest BCUT2D eigenvalue weighted by Crippen LogP contribution is 2.24. The predicted molar refractivity (Wildman–Crippen MR) is 68.1 cm³/mol. The number of nitrogens with one attached hydrogen (secondary N) is 1. The fourth-order valence-corrected chi connectivity index (χ4v) is 1.94. The van der Waals surface area contributed by atoms with E-state index in [0.717, 1.165) is 18.9 Å². The molecule has 0 unspecified atom stereocenters. The molecule has 0 aliphatic rings. The second kappa shape index (κ2) is 6.91. The lowest BCUT2D eigenvalue weighted by Gasteiger charge is -2.29. The van der Waals surface area contributed by atoms with Gasteiger partial charge >= 0.3 is 0 Å². The van der Waals surface area contributed by atoms with Crippen molar-refractivity contribution in [3.8, 4) is 0 Å². The molecule has 0 aliphatic carbocycles. The van der Waals surface area contributed by atoms with Crippen LogP contribution >= 0.6 is 0 Å². The molecule has 2 nitrogen and oxygen atoms in total. The molecule has 0 saturated heterocycles. The van der Waals surface area contributed by atoms with Crippen LogP contribution in [0.1, 0.15) is 32.3 Å². The largest absolute Gasteiger partial charge is 0.396 e. The molecular formula is C14H20F3NO. The molecule has 1 aromatic rings. The Labute approximate surface area is 111 Å². The quantitative estimate of drug-likeness (QED) is 0.750. The zero-order valence-corrected chi connectivity index (χ0v) is 11.3. The number of hydrogen-bond donors (Lipinski definition) is 2. The number of benzene rings is 1. The van der Waals surface area contributed by atoms with E-state index in [-0.39, 0.29) is 24.1 Å². The van der Waals surface area contributed by atoms with Crippen LogP contribution in [-0.4, -0.2) is 18.3 Å². The molecule has 0 aliphatic heterocycles. The third-order valence-corrected chi connectivity index (χ3v) is 3.74. The molecule has 0 fully saturated rings. The Morgan fingerprint density at radius 1 is 1.05 bits per heavy atom. The van der Waals surface area contributed by atoms with Crippen LogP contribution in [0.15, 0.2) is 12.1 Å². The molecule has 1 aromatic carbocycles. The third kappa shape index (κ3) is 3.94. The highest BCUT2D eigenvalue weighted by atomic mass is 19.2. The van der Waals surface area contributed by atoms with E-state index in [1.165, 1.54) is 0 Å². The summed E-state index contributed by atoms with van der Waals surface area (Å²) < 4.78 is 39.2. The van der Waals surface area contributed by atoms with E-state index in [2.05, 4.69) is 5.32 Å². The van der Waals surface area contributed by atoms with Crippen LogP contribution in [-0.2, 0) is 6.54 Å². The Balaban J connectivity index is 2.65. The van der Waals surface area contributed by atoms with Crippen LogP contribution in [0.3, 0.4) is 0 Å². The van der Waals surface area contributed by atoms with Crippen molar-refractivity contribution in [2.75, 3.05) is 13.2 Å². The maximum Gasteiger partial charge on any atom is 0.161 e. The summed E-state index contributed by atoms with van der Waals surface area (Å²) in [7, 11) is 0. The van der Waals surface area contributed by atoms with Crippen molar-refractivity contribution in [1.82, 2.24) is 5.32 Å². The molecule has 0 bridgehead atoms. The Morgan fingerprint density at radius 2 is 1.63 bits per heavy atom. The van der Waals surface area contributed by atoms with Gasteiger partial charge in [0.2, 0.25) is 0 Å². The van der Waals surface area contributed by atoms with Crippen molar-refractivity contribution in [3.05, 3.63) is 35.1 Å². The summed E-state index contributed by atoms with van der Waals surface area (Å²) in [6.07, 6.45) is 1.57. The summed E-state index contributed by atoms with van der Waals surface area (Å²) in [4.78, 5) is 0. The molecule has 0 spiro atoms. The fraction of sp³-hybridized carbons (Fsp3) is 0.571. The Kier molecular flexibility index (Phi) is 5.82. The summed E-state index contributed by atoms with van der Waals surface area (Å²) in [5.41, 5.74) is -0.173. The van der Waals surface area contributed by atoms with Crippen LogP contribution in [0.25, 0.3) is 0 Å². The van der Waals surface area contributed by atoms with Crippen LogP contribution in [0, 0.1) is 22.9 Å². The lowest BCUT2D eigenvalue weighted by molar-refractivity contribution is 0.113. The average molecular weight is 275 g/mol. The van der Waals surface area contributed by atoms with Gasteiger partial charge in [0.15, 0.2) is 11.6 Å². The maximum atomic E-state index is 13.4. The Morgan fingerprint density at radius 3 is 2.16 bits per heavy atom. The van der Waals surface area contributed by atoms with E-state index in [1.54, 1.807) is 0 Å². The van der Waals surface area contributed by atoms with Crippen LogP contribution < -0.4 is 5.32 Å². The first-order valence-corrected chi connectivity index (χ1v) is 6.43. The normalized spacial score (nSPS) is 11.9. The molecule has 0 heterocycles. The molecule has 0 amide bonds. The Bertz CT molecular complexity index is 411. The number of hydrogen-bond acceptors (Lipinski definition) is 2. The van der Waals surface area contributed by atoms with Crippen molar-refractivity contribution in [3.63, 3.8) is 0 Å². The molecular weight excluding hydrogens is 255 g/mol. The van der Waals surface area contributed by atoms with Gasteiger partial charge in [0, 0.05) is 36.7 Å². The molecule has 0 saturated carbocycles. The van der Waals surface area contributed by atoms with Crippen LogP contribution in [0.4, 0.5) is 13.2 Å². The smallest absolute Gasteiger partial charge is 0.161 e. The fourth-order valence-electron chi connectivity index (χ4n) is 1.94. The molecule has 19 heavy (non-hydrogen) atoms. The van der Waals surface area contributed by atoms with Gasteiger partial charge in [-0.05, 0) is 18.9 Å². The minimum atomic E-state index is -1.19. The summed E-state index contributed by atoms with van der Waals surface area (Å²) in [6.45, 7) is 4.58. The number of aliphatic hydroxyl groups is 1. The van der Waals surface area contributed by atoms with E-state index in [0.29, 0.717) is 12.6 Å². The molecule has 0 radical (unpaired) electrons. The van der Waals surface area contributed by atoms with Crippen molar-refractivity contribution in [1.29, 1.82) is 0 Å². The van der Waals surface area contributed by atoms with E-state index in [9.17, 15) is 18.3 Å².